The van der Waals surface area contributed by atoms with E-state index >= 15 is 0 Å². The van der Waals surface area contributed by atoms with Gasteiger partial charge in [-0.05, 0) is 32.1 Å². The molecule has 0 atom stereocenters. The third-order valence-electron chi connectivity index (χ3n) is 3.22. The Balaban J connectivity index is 0.00000220. The number of amides is 1. The molecule has 1 aliphatic rings. The monoisotopic (exact) mass is 350 g/mol. The number of ether oxygens (including phenoxy) is 1. The van der Waals surface area contributed by atoms with Crippen molar-refractivity contribution in [3.63, 3.8) is 0 Å². The molecule has 1 aromatic heterocycles. The van der Waals surface area contributed by atoms with Gasteiger partial charge in [-0.15, -0.1) is 24.8 Å². The Morgan fingerprint density at radius 3 is 2.64 bits per heavy atom. The van der Waals surface area contributed by atoms with Crippen molar-refractivity contribution in [2.24, 2.45) is 0 Å². The van der Waals surface area contributed by atoms with E-state index in [0.29, 0.717) is 12.2 Å². The Bertz CT molecular complexity index is 425. The number of morpholine rings is 1. The van der Waals surface area contributed by atoms with E-state index in [1.54, 1.807) is 6.20 Å². The topological polar surface area (TPSA) is 66.5 Å². The van der Waals surface area contributed by atoms with E-state index in [9.17, 15) is 4.79 Å². The van der Waals surface area contributed by atoms with Crippen LogP contribution in [-0.4, -0.2) is 50.8 Å². The van der Waals surface area contributed by atoms with Crippen molar-refractivity contribution in [3.05, 3.63) is 18.3 Å². The summed E-state index contributed by atoms with van der Waals surface area (Å²) in [5, 5.41) is 5.83. The van der Waals surface area contributed by atoms with Gasteiger partial charge in [-0.1, -0.05) is 0 Å². The molecule has 2 heterocycles. The van der Waals surface area contributed by atoms with Crippen molar-refractivity contribution >= 4 is 42.2 Å². The lowest BCUT2D eigenvalue weighted by Gasteiger charge is -2.28. The zero-order chi connectivity index (χ0) is 14.2. The number of halogens is 2. The van der Waals surface area contributed by atoms with Gasteiger partial charge in [0.15, 0.2) is 0 Å². The van der Waals surface area contributed by atoms with Crippen LogP contribution in [0.1, 0.15) is 12.8 Å². The number of nitrogens with one attached hydrogen (secondary N) is 2. The van der Waals surface area contributed by atoms with Crippen LogP contribution in [-0.2, 0) is 9.53 Å². The van der Waals surface area contributed by atoms with E-state index < -0.39 is 0 Å². The molecule has 8 heteroatoms. The van der Waals surface area contributed by atoms with Crippen LogP contribution in [0.2, 0.25) is 0 Å². The molecule has 2 rings (SSSR count). The van der Waals surface area contributed by atoms with Crippen LogP contribution in [0.4, 0.5) is 11.5 Å². The van der Waals surface area contributed by atoms with Crippen molar-refractivity contribution in [1.29, 1.82) is 0 Å². The van der Waals surface area contributed by atoms with Crippen molar-refractivity contribution in [1.82, 2.24) is 10.3 Å². The number of aromatic nitrogens is 1. The molecule has 0 unspecified atom stereocenters. The molecule has 1 fully saturated rings. The van der Waals surface area contributed by atoms with Gasteiger partial charge >= 0.3 is 0 Å². The van der Waals surface area contributed by atoms with Gasteiger partial charge in [-0.2, -0.15) is 0 Å². The van der Waals surface area contributed by atoms with Gasteiger partial charge in [0.1, 0.15) is 5.82 Å². The molecule has 0 spiro atoms. The van der Waals surface area contributed by atoms with Crippen molar-refractivity contribution in [3.8, 4) is 0 Å². The number of nitrogens with zero attached hydrogens (tertiary/aromatic N) is 2. The fourth-order valence-electron chi connectivity index (χ4n) is 2.10. The molecule has 1 saturated heterocycles. The minimum absolute atomic E-state index is 0. The summed E-state index contributed by atoms with van der Waals surface area (Å²) in [7, 11) is 1.88. The summed E-state index contributed by atoms with van der Waals surface area (Å²) in [5.41, 5.74) is 1.07. The van der Waals surface area contributed by atoms with Crippen LogP contribution in [0.25, 0.3) is 0 Å². The van der Waals surface area contributed by atoms with E-state index in [4.69, 9.17) is 4.74 Å². The highest BCUT2D eigenvalue weighted by Crippen LogP contribution is 2.16. The average Bonchev–Trinajstić information content (AvgIpc) is 2.49. The second kappa shape index (κ2) is 11.5. The number of rotatable bonds is 6. The summed E-state index contributed by atoms with van der Waals surface area (Å²) in [6, 6.07) is 3.84. The highest BCUT2D eigenvalue weighted by molar-refractivity contribution is 5.89. The summed E-state index contributed by atoms with van der Waals surface area (Å²) < 4.78 is 5.32. The second-order valence-electron chi connectivity index (χ2n) is 4.76. The van der Waals surface area contributed by atoms with Gasteiger partial charge in [-0.25, -0.2) is 4.98 Å². The van der Waals surface area contributed by atoms with Gasteiger partial charge in [0.25, 0.3) is 0 Å². The van der Waals surface area contributed by atoms with E-state index in [1.165, 1.54) is 0 Å². The van der Waals surface area contributed by atoms with Gasteiger partial charge in [0.05, 0.1) is 25.1 Å². The van der Waals surface area contributed by atoms with Crippen molar-refractivity contribution in [2.75, 3.05) is 50.1 Å². The predicted molar refractivity (Wildman–Crippen MR) is 93.6 cm³/mol. The first-order valence-electron chi connectivity index (χ1n) is 7.03. The molecule has 1 amide bonds. The third-order valence-corrected chi connectivity index (χ3v) is 3.22. The van der Waals surface area contributed by atoms with Gasteiger partial charge in [-0.3, -0.25) is 4.79 Å². The number of carbonyl (C=O) groups is 1. The van der Waals surface area contributed by atoms with Crippen LogP contribution in [0.15, 0.2) is 18.3 Å². The fraction of sp³-hybridized carbons (Fsp3) is 0.571. The molecule has 6 nitrogen and oxygen atoms in total. The summed E-state index contributed by atoms with van der Waals surface area (Å²) in [5.74, 6) is 0.614. The summed E-state index contributed by atoms with van der Waals surface area (Å²) >= 11 is 0. The molecule has 0 bridgehead atoms. The molecular weight excluding hydrogens is 327 g/mol. The van der Waals surface area contributed by atoms with Crippen LogP contribution < -0.4 is 15.5 Å². The van der Waals surface area contributed by atoms with Gasteiger partial charge < -0.3 is 20.3 Å². The molecule has 0 aromatic carbocycles. The minimum Gasteiger partial charge on any atom is -0.378 e. The molecule has 126 valence electrons. The molecule has 0 saturated carbocycles. The third kappa shape index (κ3) is 6.79. The van der Waals surface area contributed by atoms with Crippen LogP contribution in [0.3, 0.4) is 0 Å². The Morgan fingerprint density at radius 1 is 1.32 bits per heavy atom. The molecule has 0 aliphatic carbocycles. The maximum Gasteiger partial charge on any atom is 0.225 e. The van der Waals surface area contributed by atoms with Crippen LogP contribution >= 0.6 is 24.8 Å². The van der Waals surface area contributed by atoms with E-state index in [0.717, 1.165) is 45.0 Å². The summed E-state index contributed by atoms with van der Waals surface area (Å²) in [6.45, 7) is 4.12. The maximum atomic E-state index is 11.7. The average molecular weight is 351 g/mol. The highest BCUT2D eigenvalue weighted by Gasteiger charge is 2.11. The SMILES string of the molecule is CNCCCC(=O)Nc1ccc(N2CCOCC2)cn1.Cl.Cl. The largest absolute Gasteiger partial charge is 0.378 e. The zero-order valence-electron chi connectivity index (χ0n) is 12.7. The Morgan fingerprint density at radius 2 is 2.05 bits per heavy atom. The Labute approximate surface area is 143 Å². The quantitative estimate of drug-likeness (QED) is 0.764. The predicted octanol–water partition coefficient (Wildman–Crippen LogP) is 1.70. The molecule has 1 aromatic rings. The van der Waals surface area contributed by atoms with E-state index in [1.807, 2.05) is 19.2 Å². The number of hydrogen-bond acceptors (Lipinski definition) is 5. The maximum absolute atomic E-state index is 11.7. The van der Waals surface area contributed by atoms with Crippen LogP contribution in [0, 0.1) is 0 Å². The summed E-state index contributed by atoms with van der Waals surface area (Å²) in [6.07, 6.45) is 3.14. The van der Waals surface area contributed by atoms with E-state index in [2.05, 4.69) is 20.5 Å². The molecule has 22 heavy (non-hydrogen) atoms. The molecule has 0 radical (unpaired) electrons. The lowest BCUT2D eigenvalue weighted by Crippen LogP contribution is -2.36. The molecule has 1 aliphatic heterocycles. The number of carbonyl (C=O) groups excluding carboxylic acids is 1. The normalized spacial score (nSPS) is 13.8. The number of anilines is 2. The first-order valence-corrected chi connectivity index (χ1v) is 7.03. The standard InChI is InChI=1S/C14H22N4O2.2ClH/c1-15-6-2-3-14(19)17-13-5-4-12(11-16-13)18-7-9-20-10-8-18;;/h4-5,11,15H,2-3,6-10H2,1H3,(H,16,17,19);2*1H. The van der Waals surface area contributed by atoms with Gasteiger partial charge in [0.2, 0.25) is 5.91 Å². The molecule has 2 N–H and O–H groups in total. The van der Waals surface area contributed by atoms with E-state index in [-0.39, 0.29) is 30.7 Å². The summed E-state index contributed by atoms with van der Waals surface area (Å²) in [4.78, 5) is 18.2. The lowest BCUT2D eigenvalue weighted by molar-refractivity contribution is -0.116. The Kier molecular flexibility index (Phi) is 10.9. The van der Waals surface area contributed by atoms with Crippen molar-refractivity contribution in [2.45, 2.75) is 12.8 Å². The van der Waals surface area contributed by atoms with Gasteiger partial charge in [0, 0.05) is 19.5 Å². The smallest absolute Gasteiger partial charge is 0.225 e. The Hall–Kier alpha value is -1.08. The zero-order valence-corrected chi connectivity index (χ0v) is 14.3. The van der Waals surface area contributed by atoms with Crippen LogP contribution in [0.5, 0.6) is 0 Å². The number of hydrogen-bond donors (Lipinski definition) is 2. The minimum atomic E-state index is 0. The number of pyridine rings is 1. The fourth-order valence-corrected chi connectivity index (χ4v) is 2.10. The first kappa shape index (κ1) is 20.9. The molecular formula is C14H24Cl2N4O2. The van der Waals surface area contributed by atoms with Crippen molar-refractivity contribution < 1.29 is 9.53 Å². The lowest BCUT2D eigenvalue weighted by atomic mass is 10.3. The highest BCUT2D eigenvalue weighted by atomic mass is 35.5. The first-order chi connectivity index (χ1) is 9.79. The second-order valence-corrected chi connectivity index (χ2v) is 4.76.